The monoisotopic (exact) mass is 307 g/mol. The first-order chi connectivity index (χ1) is 10.1. The highest BCUT2D eigenvalue weighted by Gasteiger charge is 2.17. The summed E-state index contributed by atoms with van der Waals surface area (Å²) in [6.07, 6.45) is 2.08. The number of halogens is 1. The summed E-state index contributed by atoms with van der Waals surface area (Å²) in [4.78, 5) is 18.6. The van der Waals surface area contributed by atoms with Crippen LogP contribution in [0.3, 0.4) is 0 Å². The Morgan fingerprint density at radius 2 is 2.24 bits per heavy atom. The van der Waals surface area contributed by atoms with Crippen LogP contribution in [-0.2, 0) is 0 Å². The molecular weight excluding hydrogens is 294 g/mol. The van der Waals surface area contributed by atoms with Crippen molar-refractivity contribution in [2.75, 3.05) is 17.2 Å². The molecule has 2 aromatic rings. The SMILES string of the molecule is CCCNc1ncc([N+](=O)[O-])c(Nc2cccc(Cl)c2)n1. The fourth-order valence-corrected chi connectivity index (χ4v) is 1.82. The molecule has 2 N–H and O–H groups in total. The first-order valence-corrected chi connectivity index (χ1v) is 6.76. The van der Waals surface area contributed by atoms with E-state index in [4.69, 9.17) is 11.6 Å². The van der Waals surface area contributed by atoms with E-state index in [-0.39, 0.29) is 11.5 Å². The van der Waals surface area contributed by atoms with Gasteiger partial charge in [0.1, 0.15) is 6.20 Å². The van der Waals surface area contributed by atoms with Crippen LogP contribution in [0.4, 0.5) is 23.1 Å². The molecule has 7 nitrogen and oxygen atoms in total. The molecule has 0 spiro atoms. The topological polar surface area (TPSA) is 93.0 Å². The summed E-state index contributed by atoms with van der Waals surface area (Å²) < 4.78 is 0. The fraction of sp³-hybridized carbons (Fsp3) is 0.231. The number of hydrogen-bond acceptors (Lipinski definition) is 6. The molecule has 0 radical (unpaired) electrons. The summed E-state index contributed by atoms with van der Waals surface area (Å²) >= 11 is 5.89. The van der Waals surface area contributed by atoms with Crippen LogP contribution in [0.5, 0.6) is 0 Å². The van der Waals surface area contributed by atoms with Gasteiger partial charge in [-0.05, 0) is 24.6 Å². The van der Waals surface area contributed by atoms with Crippen LogP contribution >= 0.6 is 11.6 Å². The Morgan fingerprint density at radius 1 is 1.43 bits per heavy atom. The number of anilines is 3. The van der Waals surface area contributed by atoms with Gasteiger partial charge in [0.15, 0.2) is 0 Å². The highest BCUT2D eigenvalue weighted by Crippen LogP contribution is 2.26. The quantitative estimate of drug-likeness (QED) is 0.625. The third-order valence-electron chi connectivity index (χ3n) is 2.59. The molecule has 0 aliphatic rings. The average Bonchev–Trinajstić information content (AvgIpc) is 2.45. The van der Waals surface area contributed by atoms with Crippen molar-refractivity contribution in [3.8, 4) is 0 Å². The highest BCUT2D eigenvalue weighted by atomic mass is 35.5. The maximum atomic E-state index is 11.0. The molecule has 110 valence electrons. The van der Waals surface area contributed by atoms with E-state index in [1.54, 1.807) is 24.3 Å². The van der Waals surface area contributed by atoms with Gasteiger partial charge in [0.05, 0.1) is 4.92 Å². The number of aromatic nitrogens is 2. The molecule has 0 atom stereocenters. The fourth-order valence-electron chi connectivity index (χ4n) is 1.63. The zero-order valence-electron chi connectivity index (χ0n) is 11.3. The van der Waals surface area contributed by atoms with Crippen molar-refractivity contribution in [1.82, 2.24) is 9.97 Å². The molecule has 0 bridgehead atoms. The summed E-state index contributed by atoms with van der Waals surface area (Å²) in [7, 11) is 0. The molecule has 0 aliphatic heterocycles. The van der Waals surface area contributed by atoms with Gasteiger partial charge in [0, 0.05) is 17.3 Å². The van der Waals surface area contributed by atoms with E-state index in [2.05, 4.69) is 20.6 Å². The summed E-state index contributed by atoms with van der Waals surface area (Å²) in [5, 5.41) is 17.5. The van der Waals surface area contributed by atoms with Crippen LogP contribution in [0.2, 0.25) is 5.02 Å². The third kappa shape index (κ3) is 4.03. The lowest BCUT2D eigenvalue weighted by atomic mass is 10.3. The number of nitrogens with zero attached hydrogens (tertiary/aromatic N) is 3. The number of hydrogen-bond donors (Lipinski definition) is 2. The van der Waals surface area contributed by atoms with Crippen LogP contribution < -0.4 is 10.6 Å². The molecule has 2 rings (SSSR count). The second kappa shape index (κ2) is 6.85. The largest absolute Gasteiger partial charge is 0.354 e. The van der Waals surface area contributed by atoms with Crippen molar-refractivity contribution >= 4 is 34.7 Å². The van der Waals surface area contributed by atoms with E-state index >= 15 is 0 Å². The number of rotatable bonds is 6. The molecule has 0 amide bonds. The van der Waals surface area contributed by atoms with E-state index in [9.17, 15) is 10.1 Å². The van der Waals surface area contributed by atoms with Gasteiger partial charge in [-0.3, -0.25) is 10.1 Å². The Hall–Kier alpha value is -2.41. The molecule has 0 unspecified atom stereocenters. The molecule has 21 heavy (non-hydrogen) atoms. The minimum absolute atomic E-state index is 0.121. The number of benzene rings is 1. The lowest BCUT2D eigenvalue weighted by Gasteiger charge is -2.08. The van der Waals surface area contributed by atoms with Gasteiger partial charge in [-0.2, -0.15) is 4.98 Å². The molecule has 8 heteroatoms. The molecule has 1 aromatic carbocycles. The van der Waals surface area contributed by atoms with E-state index < -0.39 is 4.92 Å². The van der Waals surface area contributed by atoms with Crippen molar-refractivity contribution in [3.63, 3.8) is 0 Å². The predicted octanol–water partition coefficient (Wildman–Crippen LogP) is 3.60. The van der Waals surface area contributed by atoms with Gasteiger partial charge < -0.3 is 10.6 Å². The molecule has 1 heterocycles. The van der Waals surface area contributed by atoms with Gasteiger partial charge >= 0.3 is 5.69 Å². The smallest absolute Gasteiger partial charge is 0.329 e. The first-order valence-electron chi connectivity index (χ1n) is 6.38. The second-order valence-corrected chi connectivity index (χ2v) is 4.68. The normalized spacial score (nSPS) is 10.2. The third-order valence-corrected chi connectivity index (χ3v) is 2.82. The van der Waals surface area contributed by atoms with E-state index in [0.717, 1.165) is 6.42 Å². The number of nitro groups is 1. The van der Waals surface area contributed by atoms with Crippen molar-refractivity contribution in [1.29, 1.82) is 0 Å². The zero-order chi connectivity index (χ0) is 15.2. The number of nitrogens with one attached hydrogen (secondary N) is 2. The van der Waals surface area contributed by atoms with Crippen LogP contribution in [-0.4, -0.2) is 21.4 Å². The molecule has 0 aliphatic carbocycles. The van der Waals surface area contributed by atoms with Crippen LogP contribution in [0.25, 0.3) is 0 Å². The Labute approximate surface area is 126 Å². The Balaban J connectivity index is 2.31. The first kappa shape index (κ1) is 15.0. The lowest BCUT2D eigenvalue weighted by molar-refractivity contribution is -0.384. The standard InChI is InChI=1S/C13H14ClN5O2/c1-2-6-15-13-16-8-11(19(20)21)12(18-13)17-10-5-3-4-9(14)7-10/h3-5,7-8H,2,6H2,1H3,(H2,15,16,17,18). The van der Waals surface area contributed by atoms with Crippen LogP contribution in [0, 0.1) is 10.1 Å². The predicted molar refractivity (Wildman–Crippen MR) is 82.2 cm³/mol. The zero-order valence-corrected chi connectivity index (χ0v) is 12.1. The minimum atomic E-state index is -0.531. The van der Waals surface area contributed by atoms with Crippen LogP contribution in [0.1, 0.15) is 13.3 Å². The molecule has 0 saturated carbocycles. The maximum Gasteiger partial charge on any atom is 0.329 e. The van der Waals surface area contributed by atoms with E-state index in [1.165, 1.54) is 6.20 Å². The summed E-state index contributed by atoms with van der Waals surface area (Å²) in [6.45, 7) is 2.69. The Bertz CT molecular complexity index is 650. The lowest BCUT2D eigenvalue weighted by Crippen LogP contribution is -2.07. The Morgan fingerprint density at radius 3 is 2.90 bits per heavy atom. The van der Waals surface area contributed by atoms with Crippen molar-refractivity contribution < 1.29 is 4.92 Å². The van der Waals surface area contributed by atoms with Gasteiger partial charge in [-0.25, -0.2) is 4.98 Å². The van der Waals surface area contributed by atoms with Gasteiger partial charge in [0.2, 0.25) is 11.8 Å². The summed E-state index contributed by atoms with van der Waals surface area (Å²) in [5.41, 5.74) is 0.419. The van der Waals surface area contributed by atoms with Crippen molar-refractivity contribution in [3.05, 3.63) is 45.6 Å². The Kier molecular flexibility index (Phi) is 4.89. The summed E-state index contributed by atoms with van der Waals surface area (Å²) in [6, 6.07) is 6.87. The van der Waals surface area contributed by atoms with Crippen LogP contribution in [0.15, 0.2) is 30.5 Å². The van der Waals surface area contributed by atoms with Gasteiger partial charge in [-0.15, -0.1) is 0 Å². The van der Waals surface area contributed by atoms with E-state index in [1.807, 2.05) is 6.92 Å². The average molecular weight is 308 g/mol. The molecule has 0 fully saturated rings. The molecule has 1 aromatic heterocycles. The maximum absolute atomic E-state index is 11.0. The molecule has 0 saturated heterocycles. The molecular formula is C13H14ClN5O2. The second-order valence-electron chi connectivity index (χ2n) is 4.25. The van der Waals surface area contributed by atoms with Crippen molar-refractivity contribution in [2.24, 2.45) is 0 Å². The minimum Gasteiger partial charge on any atom is -0.354 e. The highest BCUT2D eigenvalue weighted by molar-refractivity contribution is 6.30. The van der Waals surface area contributed by atoms with Gasteiger partial charge in [0.25, 0.3) is 0 Å². The van der Waals surface area contributed by atoms with E-state index in [0.29, 0.717) is 23.2 Å². The summed E-state index contributed by atoms with van der Waals surface area (Å²) in [5.74, 6) is 0.461. The van der Waals surface area contributed by atoms with Gasteiger partial charge in [-0.1, -0.05) is 24.6 Å². The van der Waals surface area contributed by atoms with Crippen molar-refractivity contribution in [2.45, 2.75) is 13.3 Å².